The van der Waals surface area contributed by atoms with Gasteiger partial charge in [0, 0.05) is 23.8 Å². The summed E-state index contributed by atoms with van der Waals surface area (Å²) in [5.74, 6) is 0.300. The van der Waals surface area contributed by atoms with E-state index in [0.29, 0.717) is 25.6 Å². The summed E-state index contributed by atoms with van der Waals surface area (Å²) in [5.41, 5.74) is 5.27. The number of hydrogen-bond acceptors (Lipinski definition) is 3. The summed E-state index contributed by atoms with van der Waals surface area (Å²) in [6, 6.07) is 0. The van der Waals surface area contributed by atoms with Gasteiger partial charge in [0.05, 0.1) is 0 Å². The highest BCUT2D eigenvalue weighted by Gasteiger charge is 2.33. The molecule has 0 unspecified atom stereocenters. The fourth-order valence-electron chi connectivity index (χ4n) is 0.850. The molecule has 1 aliphatic rings. The van der Waals surface area contributed by atoms with E-state index in [0.717, 1.165) is 0 Å². The van der Waals surface area contributed by atoms with Crippen LogP contribution in [-0.4, -0.2) is 32.4 Å². The zero-order chi connectivity index (χ0) is 7.78. The van der Waals surface area contributed by atoms with Gasteiger partial charge in [-0.2, -0.15) is 12.7 Å². The smallest absolute Gasteiger partial charge is 0.299 e. The lowest BCUT2D eigenvalue weighted by Crippen LogP contribution is -2.50. The molecule has 1 fully saturated rings. The Morgan fingerprint density at radius 1 is 1.60 bits per heavy atom. The van der Waals surface area contributed by atoms with Gasteiger partial charge in [-0.1, -0.05) is 0 Å². The van der Waals surface area contributed by atoms with Crippen LogP contribution in [0.2, 0.25) is 0 Å². The first-order valence-corrected chi connectivity index (χ1v) is 5.20. The van der Waals surface area contributed by atoms with Gasteiger partial charge < -0.3 is 5.73 Å². The summed E-state index contributed by atoms with van der Waals surface area (Å²) < 4.78 is 22.3. The van der Waals surface area contributed by atoms with Crippen LogP contribution in [0.3, 0.4) is 0 Å². The highest BCUT2D eigenvalue weighted by molar-refractivity contribution is 8.11. The van der Waals surface area contributed by atoms with Crippen molar-refractivity contribution < 1.29 is 8.42 Å². The molecule has 0 radical (unpaired) electrons. The molecule has 0 aromatic heterocycles. The SMILES string of the molecule is NCC1CN(S(=O)(=O)Cl)C1. The summed E-state index contributed by atoms with van der Waals surface area (Å²) in [5, 5.41) is 0. The summed E-state index contributed by atoms with van der Waals surface area (Å²) >= 11 is 0. The third-order valence-electron chi connectivity index (χ3n) is 1.57. The van der Waals surface area contributed by atoms with Crippen LogP contribution >= 0.6 is 10.7 Å². The monoisotopic (exact) mass is 184 g/mol. The second-order valence-corrected chi connectivity index (χ2v) is 4.87. The van der Waals surface area contributed by atoms with Crippen LogP contribution in [0.4, 0.5) is 0 Å². The van der Waals surface area contributed by atoms with E-state index in [2.05, 4.69) is 0 Å². The maximum absolute atomic E-state index is 10.5. The van der Waals surface area contributed by atoms with Crippen molar-refractivity contribution in [3.05, 3.63) is 0 Å². The van der Waals surface area contributed by atoms with Gasteiger partial charge in [0.1, 0.15) is 0 Å². The molecule has 0 aromatic carbocycles. The van der Waals surface area contributed by atoms with E-state index in [9.17, 15) is 8.42 Å². The van der Waals surface area contributed by atoms with Crippen LogP contribution in [-0.2, 0) is 9.24 Å². The fourth-order valence-corrected chi connectivity index (χ4v) is 1.97. The molecule has 0 atom stereocenters. The molecule has 0 spiro atoms. The Kier molecular flexibility index (Phi) is 2.19. The van der Waals surface area contributed by atoms with Crippen LogP contribution in [0.1, 0.15) is 0 Å². The Balaban J connectivity index is 2.41. The van der Waals surface area contributed by atoms with Crippen molar-refractivity contribution >= 4 is 19.9 Å². The van der Waals surface area contributed by atoms with E-state index >= 15 is 0 Å². The first-order valence-electron chi connectivity index (χ1n) is 2.94. The number of nitrogens with zero attached hydrogens (tertiary/aromatic N) is 1. The molecule has 1 saturated heterocycles. The average Bonchev–Trinajstić information content (AvgIpc) is 1.57. The second-order valence-electron chi connectivity index (χ2n) is 2.36. The maximum atomic E-state index is 10.5. The van der Waals surface area contributed by atoms with E-state index in [4.69, 9.17) is 16.4 Å². The lowest BCUT2D eigenvalue weighted by Gasteiger charge is -2.34. The number of nitrogens with two attached hydrogens (primary N) is 1. The van der Waals surface area contributed by atoms with Gasteiger partial charge in [-0.3, -0.25) is 0 Å². The Hall–Kier alpha value is 0.160. The molecule has 0 aromatic rings. The van der Waals surface area contributed by atoms with Crippen LogP contribution < -0.4 is 5.73 Å². The summed E-state index contributed by atoms with van der Waals surface area (Å²) in [4.78, 5) is 0. The van der Waals surface area contributed by atoms with Crippen molar-refractivity contribution in [2.75, 3.05) is 19.6 Å². The lowest BCUT2D eigenvalue weighted by atomic mass is 10.0. The van der Waals surface area contributed by atoms with Crippen LogP contribution in [0.25, 0.3) is 0 Å². The Bertz CT molecular complexity index is 209. The van der Waals surface area contributed by atoms with E-state index in [1.807, 2.05) is 0 Å². The van der Waals surface area contributed by atoms with Crippen molar-refractivity contribution in [3.63, 3.8) is 0 Å². The zero-order valence-electron chi connectivity index (χ0n) is 5.33. The van der Waals surface area contributed by atoms with Gasteiger partial charge in [0.15, 0.2) is 0 Å². The lowest BCUT2D eigenvalue weighted by molar-refractivity contribution is 0.211. The largest absolute Gasteiger partial charge is 0.330 e. The minimum Gasteiger partial charge on any atom is -0.330 e. The Labute approximate surface area is 64.5 Å². The molecule has 0 aliphatic carbocycles. The summed E-state index contributed by atoms with van der Waals surface area (Å²) in [6.45, 7) is 1.48. The molecule has 6 heteroatoms. The summed E-state index contributed by atoms with van der Waals surface area (Å²) in [7, 11) is 1.56. The van der Waals surface area contributed by atoms with Gasteiger partial charge in [0.2, 0.25) is 0 Å². The third kappa shape index (κ3) is 1.60. The quantitative estimate of drug-likeness (QED) is 0.581. The Morgan fingerprint density at radius 2 is 2.10 bits per heavy atom. The van der Waals surface area contributed by atoms with E-state index in [1.165, 1.54) is 4.31 Å². The number of halogens is 1. The standard InChI is InChI=1S/C4H9ClN2O2S/c5-10(8,9)7-2-4(1-6)3-7/h4H,1-3,6H2. The van der Waals surface area contributed by atoms with E-state index < -0.39 is 9.24 Å². The summed E-state index contributed by atoms with van der Waals surface area (Å²) in [6.07, 6.45) is 0. The number of rotatable bonds is 2. The molecule has 60 valence electrons. The van der Waals surface area contributed by atoms with Gasteiger partial charge in [0.25, 0.3) is 9.24 Å². The van der Waals surface area contributed by atoms with Gasteiger partial charge in [-0.05, 0) is 12.5 Å². The Morgan fingerprint density at radius 3 is 2.40 bits per heavy atom. The first-order chi connectivity index (χ1) is 4.54. The minimum absolute atomic E-state index is 0.300. The maximum Gasteiger partial charge on any atom is 0.299 e. The van der Waals surface area contributed by atoms with Crippen LogP contribution in [0.5, 0.6) is 0 Å². The minimum atomic E-state index is -3.46. The molecule has 1 rings (SSSR count). The van der Waals surface area contributed by atoms with Crippen molar-refractivity contribution in [2.24, 2.45) is 11.7 Å². The van der Waals surface area contributed by atoms with Crippen molar-refractivity contribution in [3.8, 4) is 0 Å². The first kappa shape index (κ1) is 8.26. The normalized spacial score (nSPS) is 22.6. The fraction of sp³-hybridized carbons (Fsp3) is 1.00. The van der Waals surface area contributed by atoms with E-state index in [-0.39, 0.29) is 0 Å². The molecule has 4 nitrogen and oxygen atoms in total. The van der Waals surface area contributed by atoms with E-state index in [1.54, 1.807) is 0 Å². The topological polar surface area (TPSA) is 63.4 Å². The number of hydrogen-bond donors (Lipinski definition) is 1. The van der Waals surface area contributed by atoms with Crippen molar-refractivity contribution in [2.45, 2.75) is 0 Å². The molecular weight excluding hydrogens is 176 g/mol. The zero-order valence-corrected chi connectivity index (χ0v) is 6.90. The molecular formula is C4H9ClN2O2S. The molecule has 1 heterocycles. The second kappa shape index (κ2) is 2.65. The van der Waals surface area contributed by atoms with Crippen LogP contribution in [0.15, 0.2) is 0 Å². The average molecular weight is 185 g/mol. The highest BCUT2D eigenvalue weighted by Crippen LogP contribution is 2.20. The predicted molar refractivity (Wildman–Crippen MR) is 38.9 cm³/mol. The van der Waals surface area contributed by atoms with Crippen molar-refractivity contribution in [1.29, 1.82) is 0 Å². The molecule has 1 aliphatic heterocycles. The molecule has 10 heavy (non-hydrogen) atoms. The highest BCUT2D eigenvalue weighted by atomic mass is 35.7. The molecule has 0 amide bonds. The van der Waals surface area contributed by atoms with Gasteiger partial charge in [-0.15, -0.1) is 0 Å². The van der Waals surface area contributed by atoms with Gasteiger partial charge in [-0.25, -0.2) is 0 Å². The predicted octanol–water partition coefficient (Wildman–Crippen LogP) is -0.639. The molecule has 2 N–H and O–H groups in total. The van der Waals surface area contributed by atoms with Crippen molar-refractivity contribution in [1.82, 2.24) is 4.31 Å². The van der Waals surface area contributed by atoms with Gasteiger partial charge >= 0.3 is 0 Å². The molecule has 0 saturated carbocycles. The molecule has 0 bridgehead atoms. The van der Waals surface area contributed by atoms with Crippen LogP contribution in [0, 0.1) is 5.92 Å². The third-order valence-corrected chi connectivity index (χ3v) is 3.07.